The Morgan fingerprint density at radius 3 is 2.10 bits per heavy atom. The maximum atomic E-state index is 5.20. The number of rotatable bonds is 4. The fraction of sp³-hybridized carbons (Fsp3) is 1.00. The summed E-state index contributed by atoms with van der Waals surface area (Å²) in [4.78, 5) is 5.20. The fourth-order valence-corrected chi connectivity index (χ4v) is 0.738. The van der Waals surface area contributed by atoms with Crippen LogP contribution in [0, 0.1) is 0 Å². The second-order valence-corrected chi connectivity index (χ2v) is 5.63. The fourth-order valence-electron chi connectivity index (χ4n) is 0.285. The van der Waals surface area contributed by atoms with Gasteiger partial charge in [-0.05, 0) is 33.4 Å². The average Bonchev–Trinajstić information content (AvgIpc) is 1.85. The van der Waals surface area contributed by atoms with Crippen molar-refractivity contribution >= 4 is 9.04 Å². The highest BCUT2D eigenvalue weighted by Gasteiger charge is 2.17. The minimum Gasteiger partial charge on any atom is -0.290 e. The van der Waals surface area contributed by atoms with Gasteiger partial charge in [-0.1, -0.05) is 6.92 Å². The van der Waals surface area contributed by atoms with E-state index >= 15 is 0 Å². The molecule has 0 radical (unpaired) electrons. The van der Waals surface area contributed by atoms with Crippen molar-refractivity contribution in [3.63, 3.8) is 0 Å². The topological polar surface area (TPSA) is 18.5 Å². The zero-order valence-electron chi connectivity index (χ0n) is 7.60. The Bertz CT molecular complexity index is 91.6. The molecule has 0 aromatic carbocycles. The van der Waals surface area contributed by atoms with Gasteiger partial charge >= 0.3 is 0 Å². The third-order valence-electron chi connectivity index (χ3n) is 1.32. The van der Waals surface area contributed by atoms with Crippen LogP contribution in [0.5, 0.6) is 0 Å². The molecule has 0 spiro atoms. The minimum absolute atomic E-state index is 0.114. The SMILES string of the molecule is CCC(C)(C)OO[SiH](C)C. The molecular formula is C7H18O2Si. The second kappa shape index (κ2) is 4.11. The Morgan fingerprint density at radius 2 is 1.80 bits per heavy atom. The van der Waals surface area contributed by atoms with Crippen molar-refractivity contribution in [3.8, 4) is 0 Å². The molecule has 0 aromatic heterocycles. The quantitative estimate of drug-likeness (QED) is 0.358. The third-order valence-corrected chi connectivity index (χ3v) is 1.80. The van der Waals surface area contributed by atoms with E-state index in [0.29, 0.717) is 0 Å². The molecule has 62 valence electrons. The number of hydrogen-bond donors (Lipinski definition) is 0. The molecule has 10 heavy (non-hydrogen) atoms. The summed E-state index contributed by atoms with van der Waals surface area (Å²) in [5.41, 5.74) is -0.114. The molecule has 0 rings (SSSR count). The average molecular weight is 162 g/mol. The normalized spacial score (nSPS) is 12.6. The van der Waals surface area contributed by atoms with Gasteiger partial charge in [-0.2, -0.15) is 0 Å². The maximum absolute atomic E-state index is 5.20. The Morgan fingerprint density at radius 1 is 1.30 bits per heavy atom. The van der Waals surface area contributed by atoms with Crippen LogP contribution in [0.2, 0.25) is 13.1 Å². The Kier molecular flexibility index (Phi) is 4.16. The molecule has 0 heterocycles. The first-order chi connectivity index (χ1) is 4.48. The van der Waals surface area contributed by atoms with Gasteiger partial charge in [0, 0.05) is 0 Å². The Labute approximate surface area is 65.2 Å². The standard InChI is InChI=1S/C7H18O2Si/c1-6-7(2,3)8-9-10(4)5/h10H,6H2,1-5H3. The highest BCUT2D eigenvalue weighted by molar-refractivity contribution is 6.48. The van der Waals surface area contributed by atoms with E-state index in [-0.39, 0.29) is 5.60 Å². The monoisotopic (exact) mass is 162 g/mol. The zero-order valence-corrected chi connectivity index (χ0v) is 8.76. The van der Waals surface area contributed by atoms with Crippen molar-refractivity contribution in [2.24, 2.45) is 0 Å². The van der Waals surface area contributed by atoms with E-state index in [0.717, 1.165) is 6.42 Å². The van der Waals surface area contributed by atoms with Crippen LogP contribution >= 0.6 is 0 Å². The van der Waals surface area contributed by atoms with Gasteiger partial charge in [-0.15, -0.1) is 0 Å². The van der Waals surface area contributed by atoms with E-state index < -0.39 is 9.04 Å². The Hall–Kier alpha value is 0.137. The first kappa shape index (κ1) is 10.1. The van der Waals surface area contributed by atoms with Gasteiger partial charge in [0.1, 0.15) is 0 Å². The van der Waals surface area contributed by atoms with Crippen molar-refractivity contribution in [2.75, 3.05) is 0 Å². The molecule has 0 saturated carbocycles. The van der Waals surface area contributed by atoms with Crippen molar-refractivity contribution in [3.05, 3.63) is 0 Å². The molecule has 0 fully saturated rings. The summed E-state index contributed by atoms with van der Waals surface area (Å²) in [6.45, 7) is 10.3. The highest BCUT2D eigenvalue weighted by Crippen LogP contribution is 2.13. The lowest BCUT2D eigenvalue weighted by molar-refractivity contribution is -0.286. The smallest absolute Gasteiger partial charge is 0.218 e. The zero-order chi connectivity index (χ0) is 8.20. The largest absolute Gasteiger partial charge is 0.290 e. The first-order valence-corrected chi connectivity index (χ1v) is 6.60. The van der Waals surface area contributed by atoms with Gasteiger partial charge in [0.05, 0.1) is 5.60 Å². The van der Waals surface area contributed by atoms with Crippen LogP contribution in [0.15, 0.2) is 0 Å². The van der Waals surface area contributed by atoms with Crippen molar-refractivity contribution in [1.82, 2.24) is 0 Å². The highest BCUT2D eigenvalue weighted by atomic mass is 28.3. The molecule has 2 nitrogen and oxygen atoms in total. The lowest BCUT2D eigenvalue weighted by Gasteiger charge is -2.22. The summed E-state index contributed by atoms with van der Waals surface area (Å²) in [5, 5.41) is 0. The maximum Gasteiger partial charge on any atom is 0.218 e. The van der Waals surface area contributed by atoms with Crippen LogP contribution in [0.3, 0.4) is 0 Å². The van der Waals surface area contributed by atoms with Gasteiger partial charge in [0.15, 0.2) is 0 Å². The summed E-state index contributed by atoms with van der Waals surface area (Å²) in [5.74, 6) is 0. The molecule has 0 aliphatic heterocycles. The molecule has 3 heteroatoms. The third kappa shape index (κ3) is 4.96. The number of hydrogen-bond acceptors (Lipinski definition) is 2. The Balaban J connectivity index is 3.46. The van der Waals surface area contributed by atoms with E-state index in [1.54, 1.807) is 0 Å². The summed E-state index contributed by atoms with van der Waals surface area (Å²) in [6, 6.07) is 0. The second-order valence-electron chi connectivity index (χ2n) is 3.34. The van der Waals surface area contributed by atoms with Gasteiger partial charge in [0.25, 0.3) is 0 Å². The lowest BCUT2D eigenvalue weighted by Crippen LogP contribution is -2.26. The van der Waals surface area contributed by atoms with Crippen molar-refractivity contribution < 1.29 is 9.46 Å². The lowest BCUT2D eigenvalue weighted by atomic mass is 10.1. The molecular weight excluding hydrogens is 144 g/mol. The van der Waals surface area contributed by atoms with Gasteiger partial charge in [-0.25, -0.2) is 4.89 Å². The molecule has 0 aliphatic rings. The van der Waals surface area contributed by atoms with E-state index in [1.807, 2.05) is 13.8 Å². The molecule has 0 unspecified atom stereocenters. The summed E-state index contributed by atoms with van der Waals surface area (Å²) in [6.07, 6.45) is 0.980. The van der Waals surface area contributed by atoms with Crippen molar-refractivity contribution in [2.45, 2.75) is 45.9 Å². The van der Waals surface area contributed by atoms with Gasteiger partial charge in [0.2, 0.25) is 9.04 Å². The van der Waals surface area contributed by atoms with E-state index in [1.165, 1.54) is 0 Å². The van der Waals surface area contributed by atoms with Crippen LogP contribution in [0.4, 0.5) is 0 Å². The predicted octanol–water partition coefficient (Wildman–Crippen LogP) is 2.11. The molecule has 0 aromatic rings. The van der Waals surface area contributed by atoms with Gasteiger partial charge in [-0.3, -0.25) is 4.58 Å². The van der Waals surface area contributed by atoms with Gasteiger partial charge < -0.3 is 0 Å². The molecule has 0 bridgehead atoms. The minimum atomic E-state index is -1.01. The van der Waals surface area contributed by atoms with Crippen molar-refractivity contribution in [1.29, 1.82) is 0 Å². The van der Waals surface area contributed by atoms with E-state index in [2.05, 4.69) is 20.0 Å². The summed E-state index contributed by atoms with van der Waals surface area (Å²) in [7, 11) is -1.01. The van der Waals surface area contributed by atoms with Crippen LogP contribution < -0.4 is 0 Å². The van der Waals surface area contributed by atoms with Crippen LogP contribution in [0.25, 0.3) is 0 Å². The van der Waals surface area contributed by atoms with Crippen LogP contribution in [-0.4, -0.2) is 14.6 Å². The molecule has 0 saturated heterocycles. The molecule has 0 N–H and O–H groups in total. The summed E-state index contributed by atoms with van der Waals surface area (Å²) >= 11 is 0. The first-order valence-electron chi connectivity index (χ1n) is 3.82. The molecule has 0 amide bonds. The molecule has 0 atom stereocenters. The predicted molar refractivity (Wildman–Crippen MR) is 45.4 cm³/mol. The summed E-state index contributed by atoms with van der Waals surface area (Å²) < 4.78 is 5.14. The van der Waals surface area contributed by atoms with E-state index in [9.17, 15) is 0 Å². The van der Waals surface area contributed by atoms with Crippen LogP contribution in [-0.2, 0) is 9.46 Å². The molecule has 0 aliphatic carbocycles. The van der Waals surface area contributed by atoms with E-state index in [4.69, 9.17) is 9.46 Å². The van der Waals surface area contributed by atoms with Crippen LogP contribution in [0.1, 0.15) is 27.2 Å².